The second-order valence-electron chi connectivity index (χ2n) is 6.57. The number of amides is 1. The largest absolute Gasteiger partial charge is 0.340 e. The van der Waals surface area contributed by atoms with Gasteiger partial charge in [0.15, 0.2) is 5.65 Å². The van der Waals surface area contributed by atoms with Crippen LogP contribution in [0.2, 0.25) is 0 Å². The first-order chi connectivity index (χ1) is 13.5. The molecular weight excluding hydrogens is 354 g/mol. The number of carbonyl (C=O) groups excluding carboxylic acids is 1. The van der Waals surface area contributed by atoms with Crippen LogP contribution in [0.4, 0.5) is 17.2 Å². The predicted molar refractivity (Wildman–Crippen MR) is 109 cm³/mol. The van der Waals surface area contributed by atoms with Gasteiger partial charge < -0.3 is 10.6 Å². The molecule has 2 heterocycles. The van der Waals surface area contributed by atoms with Crippen LogP contribution >= 0.6 is 0 Å². The molecule has 0 unspecified atom stereocenters. The van der Waals surface area contributed by atoms with E-state index in [1.165, 1.54) is 10.6 Å². The first-order valence-corrected chi connectivity index (χ1v) is 8.84. The number of hydrogen-bond acceptors (Lipinski definition) is 4. The highest BCUT2D eigenvalue weighted by Gasteiger charge is 2.22. The molecule has 1 amide bonds. The number of hydrogen-bond donors (Lipinski definition) is 3. The van der Waals surface area contributed by atoms with Gasteiger partial charge in [-0.05, 0) is 38.1 Å². The maximum atomic E-state index is 13.1. The Hall–Kier alpha value is -3.87. The summed E-state index contributed by atoms with van der Waals surface area (Å²) < 4.78 is 1.27. The Balaban J connectivity index is 1.81. The van der Waals surface area contributed by atoms with Crippen molar-refractivity contribution in [3.05, 3.63) is 87.8 Å². The minimum atomic E-state index is -0.362. The van der Waals surface area contributed by atoms with Gasteiger partial charge in [0.05, 0.1) is 0 Å². The highest BCUT2D eigenvalue weighted by atomic mass is 16.2. The quantitative estimate of drug-likeness (QED) is 0.509. The molecule has 0 saturated carbocycles. The molecule has 0 aliphatic heterocycles. The first-order valence-electron chi connectivity index (χ1n) is 8.84. The molecule has 4 rings (SSSR count). The van der Waals surface area contributed by atoms with Gasteiger partial charge in [0, 0.05) is 23.1 Å². The van der Waals surface area contributed by atoms with Crippen LogP contribution < -0.4 is 16.2 Å². The minimum absolute atomic E-state index is 0.269. The average Bonchev–Trinajstić information content (AvgIpc) is 3.02. The Morgan fingerprint density at radius 3 is 2.43 bits per heavy atom. The summed E-state index contributed by atoms with van der Waals surface area (Å²) >= 11 is 0. The number of aromatic amines is 1. The predicted octanol–water partition coefficient (Wildman–Crippen LogP) is 3.64. The molecule has 0 fully saturated rings. The highest BCUT2D eigenvalue weighted by Crippen LogP contribution is 2.24. The molecule has 7 heteroatoms. The molecule has 0 aliphatic carbocycles. The molecule has 0 spiro atoms. The molecule has 0 radical (unpaired) electrons. The SMILES string of the molecule is Cc1ccc(NC(=O)c2c(Nc3ccccc3)[nH]n3c(=O)cc(C)nc23)cc1. The molecule has 0 saturated heterocycles. The molecule has 0 atom stereocenters. The van der Waals surface area contributed by atoms with Gasteiger partial charge in [0.2, 0.25) is 0 Å². The van der Waals surface area contributed by atoms with Gasteiger partial charge in [-0.25, -0.2) is 4.98 Å². The number of nitrogens with one attached hydrogen (secondary N) is 3. The molecule has 7 nitrogen and oxygen atoms in total. The Labute approximate surface area is 161 Å². The number of carbonyl (C=O) groups is 1. The molecular formula is C21H19N5O2. The summed E-state index contributed by atoms with van der Waals surface area (Å²) in [5.74, 6) is 0.0320. The minimum Gasteiger partial charge on any atom is -0.340 e. The zero-order chi connectivity index (χ0) is 19.7. The van der Waals surface area contributed by atoms with Crippen LogP contribution in [-0.4, -0.2) is 20.5 Å². The third-order valence-electron chi connectivity index (χ3n) is 4.32. The summed E-state index contributed by atoms with van der Waals surface area (Å²) in [6.45, 7) is 3.70. The van der Waals surface area contributed by atoms with Crippen LogP contribution in [0.25, 0.3) is 5.65 Å². The lowest BCUT2D eigenvalue weighted by Gasteiger charge is -2.08. The molecule has 4 aromatic rings. The summed E-state index contributed by atoms with van der Waals surface area (Å²) in [5, 5.41) is 9.00. The van der Waals surface area contributed by atoms with Crippen molar-refractivity contribution in [2.24, 2.45) is 0 Å². The van der Waals surface area contributed by atoms with Crippen LogP contribution in [0, 0.1) is 13.8 Å². The number of anilines is 3. The van der Waals surface area contributed by atoms with Gasteiger partial charge in [-0.2, -0.15) is 4.52 Å². The Bertz CT molecular complexity index is 1210. The number of benzene rings is 2. The Kier molecular flexibility index (Phi) is 4.41. The fourth-order valence-corrected chi connectivity index (χ4v) is 2.95. The summed E-state index contributed by atoms with van der Waals surface area (Å²) in [6.07, 6.45) is 0. The summed E-state index contributed by atoms with van der Waals surface area (Å²) in [7, 11) is 0. The van der Waals surface area contributed by atoms with E-state index in [1.54, 1.807) is 6.92 Å². The van der Waals surface area contributed by atoms with E-state index in [2.05, 4.69) is 20.7 Å². The second-order valence-corrected chi connectivity index (χ2v) is 6.57. The van der Waals surface area contributed by atoms with E-state index < -0.39 is 0 Å². The van der Waals surface area contributed by atoms with Gasteiger partial charge in [0.1, 0.15) is 11.4 Å². The third-order valence-corrected chi connectivity index (χ3v) is 4.32. The van der Waals surface area contributed by atoms with Gasteiger partial charge in [-0.1, -0.05) is 35.9 Å². The molecule has 2 aromatic carbocycles. The number of aromatic nitrogens is 3. The molecule has 0 aliphatic rings. The Morgan fingerprint density at radius 1 is 1.00 bits per heavy atom. The maximum Gasteiger partial charge on any atom is 0.272 e. The second kappa shape index (κ2) is 7.03. The first kappa shape index (κ1) is 17.5. The molecule has 140 valence electrons. The molecule has 3 N–H and O–H groups in total. The number of fused-ring (bicyclic) bond motifs is 1. The lowest BCUT2D eigenvalue weighted by molar-refractivity contribution is 0.102. The molecule has 0 bridgehead atoms. The van der Waals surface area contributed by atoms with E-state index in [1.807, 2.05) is 61.5 Å². The van der Waals surface area contributed by atoms with Crippen LogP contribution in [0.5, 0.6) is 0 Å². The Morgan fingerprint density at radius 2 is 1.71 bits per heavy atom. The van der Waals surface area contributed by atoms with Crippen LogP contribution in [-0.2, 0) is 0 Å². The standard InChI is InChI=1S/C21H19N5O2/c1-13-8-10-16(11-9-13)24-21(28)18-19(23-15-6-4-3-5-7-15)25-26-17(27)12-14(2)22-20(18)26/h3-12,23,25H,1-2H3,(H,24,28). The smallest absolute Gasteiger partial charge is 0.272 e. The number of aryl methyl sites for hydroxylation is 2. The fraction of sp³-hybridized carbons (Fsp3) is 0.0952. The number of rotatable bonds is 4. The average molecular weight is 373 g/mol. The van der Waals surface area contributed by atoms with Crippen molar-refractivity contribution in [3.63, 3.8) is 0 Å². The third kappa shape index (κ3) is 3.37. The van der Waals surface area contributed by atoms with Crippen molar-refractivity contribution in [2.75, 3.05) is 10.6 Å². The van der Waals surface area contributed by atoms with Crippen molar-refractivity contribution < 1.29 is 4.79 Å². The zero-order valence-electron chi connectivity index (χ0n) is 15.5. The normalized spacial score (nSPS) is 10.8. The molecule has 28 heavy (non-hydrogen) atoms. The van der Waals surface area contributed by atoms with Gasteiger partial charge >= 0.3 is 0 Å². The summed E-state index contributed by atoms with van der Waals surface area (Å²) in [4.78, 5) is 29.9. The van der Waals surface area contributed by atoms with Crippen LogP contribution in [0.15, 0.2) is 65.5 Å². The van der Waals surface area contributed by atoms with Crippen molar-refractivity contribution in [3.8, 4) is 0 Å². The van der Waals surface area contributed by atoms with Crippen LogP contribution in [0.3, 0.4) is 0 Å². The maximum absolute atomic E-state index is 13.1. The summed E-state index contributed by atoms with van der Waals surface area (Å²) in [5.41, 5.74) is 3.34. The topological polar surface area (TPSA) is 91.3 Å². The van der Waals surface area contributed by atoms with Crippen molar-refractivity contribution in [1.29, 1.82) is 0 Å². The fourth-order valence-electron chi connectivity index (χ4n) is 2.95. The van der Waals surface area contributed by atoms with E-state index in [9.17, 15) is 9.59 Å². The van der Waals surface area contributed by atoms with E-state index in [4.69, 9.17) is 0 Å². The van der Waals surface area contributed by atoms with E-state index in [-0.39, 0.29) is 22.7 Å². The van der Waals surface area contributed by atoms with Gasteiger partial charge in [-0.3, -0.25) is 14.7 Å². The van der Waals surface area contributed by atoms with Gasteiger partial charge in [0.25, 0.3) is 11.5 Å². The summed E-state index contributed by atoms with van der Waals surface area (Å²) in [6, 6.07) is 18.3. The number of nitrogens with zero attached hydrogens (tertiary/aromatic N) is 2. The highest BCUT2D eigenvalue weighted by molar-refractivity contribution is 6.12. The van der Waals surface area contributed by atoms with Crippen molar-refractivity contribution in [1.82, 2.24) is 14.6 Å². The van der Waals surface area contributed by atoms with Crippen LogP contribution in [0.1, 0.15) is 21.6 Å². The lowest BCUT2D eigenvalue weighted by atomic mass is 10.2. The van der Waals surface area contributed by atoms with Crippen molar-refractivity contribution >= 4 is 28.7 Å². The van der Waals surface area contributed by atoms with E-state index in [0.29, 0.717) is 17.2 Å². The number of H-pyrrole nitrogens is 1. The molecule has 2 aromatic heterocycles. The lowest BCUT2D eigenvalue weighted by Crippen LogP contribution is -2.17. The zero-order valence-corrected chi connectivity index (χ0v) is 15.5. The van der Waals surface area contributed by atoms with E-state index >= 15 is 0 Å². The monoisotopic (exact) mass is 373 g/mol. The number of para-hydroxylation sites is 1. The van der Waals surface area contributed by atoms with Gasteiger partial charge in [-0.15, -0.1) is 0 Å². The van der Waals surface area contributed by atoms with E-state index in [0.717, 1.165) is 11.3 Å². The van der Waals surface area contributed by atoms with Crippen molar-refractivity contribution in [2.45, 2.75) is 13.8 Å².